The number of carbonyl (C=O) groups excluding carboxylic acids is 1. The number of hydrogen-bond acceptors (Lipinski definition) is 5. The molecule has 2 aromatic carbocycles. The Labute approximate surface area is 175 Å². The van der Waals surface area contributed by atoms with Gasteiger partial charge >= 0.3 is 0 Å². The SMILES string of the molecule is CC(Sc1nc2c(cnn2-c2cccc(Cl)c2)c(=O)[nH]1)C(=O)Nc1ccccc1. The Kier molecular flexibility index (Phi) is 5.37. The number of halogens is 1. The molecular weight excluding hydrogens is 410 g/mol. The second-order valence-corrected chi connectivity index (χ2v) is 8.03. The lowest BCUT2D eigenvalue weighted by molar-refractivity contribution is -0.115. The first-order valence-electron chi connectivity index (χ1n) is 8.78. The quantitative estimate of drug-likeness (QED) is 0.374. The molecule has 7 nitrogen and oxygen atoms in total. The second kappa shape index (κ2) is 8.10. The number of rotatable bonds is 5. The van der Waals surface area contributed by atoms with Gasteiger partial charge in [0.05, 0.1) is 17.1 Å². The van der Waals surface area contributed by atoms with Crippen molar-refractivity contribution in [2.45, 2.75) is 17.3 Å². The second-order valence-electron chi connectivity index (χ2n) is 6.26. The molecule has 0 spiro atoms. The van der Waals surface area contributed by atoms with E-state index in [4.69, 9.17) is 11.6 Å². The van der Waals surface area contributed by atoms with Crippen molar-refractivity contribution in [3.8, 4) is 5.69 Å². The molecule has 0 radical (unpaired) electrons. The molecule has 1 amide bonds. The summed E-state index contributed by atoms with van der Waals surface area (Å²) in [7, 11) is 0. The Balaban J connectivity index is 1.62. The van der Waals surface area contributed by atoms with Crippen molar-refractivity contribution < 1.29 is 4.79 Å². The Morgan fingerprint density at radius 2 is 2.00 bits per heavy atom. The molecule has 4 aromatic rings. The molecule has 0 aliphatic heterocycles. The molecule has 0 aliphatic rings. The summed E-state index contributed by atoms with van der Waals surface area (Å²) in [6.07, 6.45) is 1.46. The lowest BCUT2D eigenvalue weighted by atomic mass is 10.3. The number of thioether (sulfide) groups is 1. The third-order valence-electron chi connectivity index (χ3n) is 4.17. The summed E-state index contributed by atoms with van der Waals surface area (Å²) in [5, 5.41) is 7.88. The summed E-state index contributed by atoms with van der Waals surface area (Å²) in [6.45, 7) is 1.75. The highest BCUT2D eigenvalue weighted by atomic mass is 35.5. The molecule has 2 N–H and O–H groups in total. The number of nitrogens with zero attached hydrogens (tertiary/aromatic N) is 3. The highest BCUT2D eigenvalue weighted by molar-refractivity contribution is 8.00. The third kappa shape index (κ3) is 4.18. The molecule has 4 rings (SSSR count). The summed E-state index contributed by atoms with van der Waals surface area (Å²) < 4.78 is 1.55. The molecule has 0 fully saturated rings. The first-order chi connectivity index (χ1) is 14.0. The molecule has 0 saturated heterocycles. The van der Waals surface area contributed by atoms with Crippen LogP contribution >= 0.6 is 23.4 Å². The van der Waals surface area contributed by atoms with Gasteiger partial charge < -0.3 is 10.3 Å². The zero-order valence-electron chi connectivity index (χ0n) is 15.3. The summed E-state index contributed by atoms with van der Waals surface area (Å²) in [6, 6.07) is 16.3. The van der Waals surface area contributed by atoms with Crippen LogP contribution in [0, 0.1) is 0 Å². The van der Waals surface area contributed by atoms with Crippen LogP contribution in [0.15, 0.2) is 70.7 Å². The third-order valence-corrected chi connectivity index (χ3v) is 5.39. The van der Waals surface area contributed by atoms with E-state index in [2.05, 4.69) is 20.4 Å². The predicted octanol–water partition coefficient (Wildman–Crippen LogP) is 3.88. The number of carbonyl (C=O) groups is 1. The van der Waals surface area contributed by atoms with Gasteiger partial charge in [-0.25, -0.2) is 9.67 Å². The van der Waals surface area contributed by atoms with Gasteiger partial charge in [-0.15, -0.1) is 0 Å². The number of fused-ring (bicyclic) bond motifs is 1. The van der Waals surface area contributed by atoms with Gasteiger partial charge in [-0.05, 0) is 37.3 Å². The maximum atomic E-state index is 12.5. The normalized spacial score (nSPS) is 12.1. The van der Waals surface area contributed by atoms with E-state index in [1.165, 1.54) is 6.20 Å². The van der Waals surface area contributed by atoms with Gasteiger partial charge in [0, 0.05) is 10.7 Å². The standard InChI is InChI=1S/C20H16ClN5O2S/c1-12(18(27)23-14-7-3-2-4-8-14)29-20-24-17-16(19(28)25-20)11-22-26(17)15-9-5-6-13(21)10-15/h2-12H,1H3,(H,23,27)(H,24,25,28). The van der Waals surface area contributed by atoms with Gasteiger partial charge in [0.2, 0.25) is 5.91 Å². The average Bonchev–Trinajstić information content (AvgIpc) is 3.13. The van der Waals surface area contributed by atoms with Gasteiger partial charge in [-0.2, -0.15) is 5.10 Å². The molecule has 29 heavy (non-hydrogen) atoms. The minimum Gasteiger partial charge on any atom is -0.325 e. The Bertz CT molecular complexity index is 1240. The van der Waals surface area contributed by atoms with E-state index in [1.807, 2.05) is 36.4 Å². The number of aromatic amines is 1. The minimum absolute atomic E-state index is 0.188. The van der Waals surface area contributed by atoms with E-state index < -0.39 is 5.25 Å². The number of aromatic nitrogens is 4. The van der Waals surface area contributed by atoms with Crippen molar-refractivity contribution in [3.63, 3.8) is 0 Å². The fraction of sp³-hybridized carbons (Fsp3) is 0.100. The van der Waals surface area contributed by atoms with E-state index in [0.29, 0.717) is 32.6 Å². The van der Waals surface area contributed by atoms with Crippen molar-refractivity contribution in [2.75, 3.05) is 5.32 Å². The number of para-hydroxylation sites is 1. The Hall–Kier alpha value is -3.10. The number of nitrogens with one attached hydrogen (secondary N) is 2. The van der Waals surface area contributed by atoms with Crippen LogP contribution in [-0.4, -0.2) is 30.9 Å². The molecule has 9 heteroatoms. The summed E-state index contributed by atoms with van der Waals surface area (Å²) >= 11 is 7.23. The number of amides is 1. The van der Waals surface area contributed by atoms with E-state index in [-0.39, 0.29) is 11.5 Å². The molecule has 0 bridgehead atoms. The van der Waals surface area contributed by atoms with Crippen LogP contribution in [0.3, 0.4) is 0 Å². The lowest BCUT2D eigenvalue weighted by Gasteiger charge is -2.11. The fourth-order valence-corrected chi connectivity index (χ4v) is 3.71. The van der Waals surface area contributed by atoms with Gasteiger partial charge in [0.25, 0.3) is 5.56 Å². The largest absolute Gasteiger partial charge is 0.325 e. The molecule has 1 unspecified atom stereocenters. The highest BCUT2D eigenvalue weighted by Crippen LogP contribution is 2.23. The number of benzene rings is 2. The van der Waals surface area contributed by atoms with Crippen LogP contribution in [0.4, 0.5) is 5.69 Å². The van der Waals surface area contributed by atoms with E-state index >= 15 is 0 Å². The summed E-state index contributed by atoms with van der Waals surface area (Å²) in [4.78, 5) is 32.2. The first-order valence-corrected chi connectivity index (χ1v) is 10.0. The fourth-order valence-electron chi connectivity index (χ4n) is 2.74. The first kappa shape index (κ1) is 19.2. The van der Waals surface area contributed by atoms with Crippen LogP contribution in [0.1, 0.15) is 6.92 Å². The van der Waals surface area contributed by atoms with Gasteiger partial charge in [-0.3, -0.25) is 9.59 Å². The molecule has 146 valence electrons. The van der Waals surface area contributed by atoms with Crippen LogP contribution < -0.4 is 10.9 Å². The molecular formula is C20H16ClN5O2S. The van der Waals surface area contributed by atoms with Crippen LogP contribution in [0.25, 0.3) is 16.7 Å². The molecule has 1 atom stereocenters. The summed E-state index contributed by atoms with van der Waals surface area (Å²) in [5.74, 6) is -0.188. The predicted molar refractivity (Wildman–Crippen MR) is 115 cm³/mol. The topological polar surface area (TPSA) is 92.7 Å². The number of hydrogen-bond donors (Lipinski definition) is 2. The number of H-pyrrole nitrogens is 1. The van der Waals surface area contributed by atoms with E-state index in [1.54, 1.807) is 29.8 Å². The maximum Gasteiger partial charge on any atom is 0.262 e. The smallest absolute Gasteiger partial charge is 0.262 e. The van der Waals surface area contributed by atoms with E-state index in [0.717, 1.165) is 11.8 Å². The average molecular weight is 426 g/mol. The zero-order chi connectivity index (χ0) is 20.4. The van der Waals surface area contributed by atoms with Crippen molar-refractivity contribution >= 4 is 46.0 Å². The monoisotopic (exact) mass is 425 g/mol. The van der Waals surface area contributed by atoms with E-state index in [9.17, 15) is 9.59 Å². The highest BCUT2D eigenvalue weighted by Gasteiger charge is 2.18. The van der Waals surface area contributed by atoms with Crippen LogP contribution in [-0.2, 0) is 4.79 Å². The molecule has 0 aliphatic carbocycles. The lowest BCUT2D eigenvalue weighted by Crippen LogP contribution is -2.23. The van der Waals surface area contributed by atoms with Crippen LogP contribution in [0.2, 0.25) is 5.02 Å². The molecule has 0 saturated carbocycles. The van der Waals surface area contributed by atoms with Gasteiger partial charge in [0.1, 0.15) is 5.39 Å². The maximum absolute atomic E-state index is 12.5. The van der Waals surface area contributed by atoms with Crippen molar-refractivity contribution in [3.05, 3.63) is 76.2 Å². The Morgan fingerprint density at radius 3 is 2.76 bits per heavy atom. The van der Waals surface area contributed by atoms with Crippen LogP contribution in [0.5, 0.6) is 0 Å². The van der Waals surface area contributed by atoms with Gasteiger partial charge in [-0.1, -0.05) is 47.6 Å². The molecule has 2 heterocycles. The molecule has 2 aromatic heterocycles. The number of anilines is 1. The van der Waals surface area contributed by atoms with Crippen molar-refractivity contribution in [1.82, 2.24) is 19.7 Å². The summed E-state index contributed by atoms with van der Waals surface area (Å²) in [5.41, 5.74) is 1.48. The Morgan fingerprint density at radius 1 is 1.21 bits per heavy atom. The van der Waals surface area contributed by atoms with Crippen molar-refractivity contribution in [1.29, 1.82) is 0 Å². The van der Waals surface area contributed by atoms with Crippen molar-refractivity contribution in [2.24, 2.45) is 0 Å². The van der Waals surface area contributed by atoms with Gasteiger partial charge in [0.15, 0.2) is 10.8 Å². The minimum atomic E-state index is -0.474. The zero-order valence-corrected chi connectivity index (χ0v) is 16.9.